The van der Waals surface area contributed by atoms with Gasteiger partial charge in [0.1, 0.15) is 5.82 Å². The van der Waals surface area contributed by atoms with Crippen LogP contribution in [0.5, 0.6) is 0 Å². The quantitative estimate of drug-likeness (QED) is 0.846. The number of hydrogen-bond acceptors (Lipinski definition) is 1. The standard InChI is InChI=1S/C15H13BrClFO/c1-9-12(3-2-4-13(9)16)15(19)7-10-5-6-11(18)8-14(10)17/h2-6,8,15,19H,7H2,1H3. The molecule has 4 heteroatoms. The maximum atomic E-state index is 13.0. The van der Waals surface area contributed by atoms with E-state index in [1.807, 2.05) is 25.1 Å². The van der Waals surface area contributed by atoms with Gasteiger partial charge in [-0.25, -0.2) is 4.39 Å². The highest BCUT2D eigenvalue weighted by Gasteiger charge is 2.14. The molecule has 0 bridgehead atoms. The van der Waals surface area contributed by atoms with Gasteiger partial charge in [0, 0.05) is 15.9 Å². The molecule has 19 heavy (non-hydrogen) atoms. The van der Waals surface area contributed by atoms with Gasteiger partial charge in [-0.15, -0.1) is 0 Å². The minimum Gasteiger partial charge on any atom is -0.388 e. The first-order valence-electron chi connectivity index (χ1n) is 5.86. The number of aliphatic hydroxyl groups excluding tert-OH is 1. The number of halogens is 3. The molecular formula is C15H13BrClFO. The SMILES string of the molecule is Cc1c(Br)cccc1C(O)Cc1ccc(F)cc1Cl. The third-order valence-electron chi connectivity index (χ3n) is 3.10. The minimum absolute atomic E-state index is 0.340. The second kappa shape index (κ2) is 6.04. The van der Waals surface area contributed by atoms with E-state index < -0.39 is 6.10 Å². The maximum absolute atomic E-state index is 13.0. The summed E-state index contributed by atoms with van der Waals surface area (Å²) in [7, 11) is 0. The van der Waals surface area contributed by atoms with E-state index in [1.54, 1.807) is 6.07 Å². The summed E-state index contributed by atoms with van der Waals surface area (Å²) < 4.78 is 13.9. The Balaban J connectivity index is 2.25. The van der Waals surface area contributed by atoms with Crippen LogP contribution in [0.3, 0.4) is 0 Å². The highest BCUT2D eigenvalue weighted by Crippen LogP contribution is 2.29. The molecule has 0 aliphatic rings. The van der Waals surface area contributed by atoms with Crippen molar-refractivity contribution in [2.24, 2.45) is 0 Å². The average Bonchev–Trinajstić information content (AvgIpc) is 2.36. The van der Waals surface area contributed by atoms with Crippen LogP contribution in [0.1, 0.15) is 22.8 Å². The zero-order valence-electron chi connectivity index (χ0n) is 10.3. The lowest BCUT2D eigenvalue weighted by Gasteiger charge is -2.15. The lowest BCUT2D eigenvalue weighted by molar-refractivity contribution is 0.177. The van der Waals surface area contributed by atoms with Crippen molar-refractivity contribution in [2.45, 2.75) is 19.4 Å². The Hall–Kier alpha value is -0.900. The fourth-order valence-electron chi connectivity index (χ4n) is 1.99. The Kier molecular flexibility index (Phi) is 4.61. The molecule has 0 aromatic heterocycles. The summed E-state index contributed by atoms with van der Waals surface area (Å²) in [6.07, 6.45) is -0.309. The Bertz CT molecular complexity index is 601. The Morgan fingerprint density at radius 3 is 2.74 bits per heavy atom. The van der Waals surface area contributed by atoms with E-state index in [2.05, 4.69) is 15.9 Å². The summed E-state index contributed by atoms with van der Waals surface area (Å²) in [5, 5.41) is 10.6. The molecule has 1 N–H and O–H groups in total. The van der Waals surface area contributed by atoms with Crippen LogP contribution in [0.2, 0.25) is 5.02 Å². The predicted molar refractivity (Wildman–Crippen MR) is 79.0 cm³/mol. The number of rotatable bonds is 3. The van der Waals surface area contributed by atoms with Gasteiger partial charge < -0.3 is 5.11 Å². The van der Waals surface area contributed by atoms with E-state index >= 15 is 0 Å². The molecule has 2 aromatic rings. The van der Waals surface area contributed by atoms with Crippen LogP contribution >= 0.6 is 27.5 Å². The van der Waals surface area contributed by atoms with Crippen molar-refractivity contribution in [3.8, 4) is 0 Å². The minimum atomic E-state index is -0.666. The molecule has 0 aliphatic heterocycles. The van der Waals surface area contributed by atoms with Crippen LogP contribution in [0.4, 0.5) is 4.39 Å². The monoisotopic (exact) mass is 342 g/mol. The van der Waals surface area contributed by atoms with Gasteiger partial charge >= 0.3 is 0 Å². The summed E-state index contributed by atoms with van der Waals surface area (Å²) in [5.41, 5.74) is 2.57. The molecule has 0 saturated carbocycles. The fourth-order valence-corrected chi connectivity index (χ4v) is 2.62. The van der Waals surface area contributed by atoms with Crippen LogP contribution in [-0.2, 0) is 6.42 Å². The van der Waals surface area contributed by atoms with E-state index in [0.29, 0.717) is 11.4 Å². The van der Waals surface area contributed by atoms with Gasteiger partial charge in [-0.1, -0.05) is 45.7 Å². The summed E-state index contributed by atoms with van der Waals surface area (Å²) in [6.45, 7) is 1.94. The summed E-state index contributed by atoms with van der Waals surface area (Å²) in [5.74, 6) is -0.373. The van der Waals surface area contributed by atoms with Gasteiger partial charge in [0.2, 0.25) is 0 Å². The number of hydrogen-bond donors (Lipinski definition) is 1. The predicted octanol–water partition coefficient (Wildman–Crippen LogP) is 4.83. The van der Waals surface area contributed by atoms with Crippen LogP contribution in [0.25, 0.3) is 0 Å². The second-order valence-electron chi connectivity index (χ2n) is 4.41. The van der Waals surface area contributed by atoms with Crippen LogP contribution in [0, 0.1) is 12.7 Å². The molecule has 1 unspecified atom stereocenters. The summed E-state index contributed by atoms with van der Waals surface area (Å²) in [4.78, 5) is 0. The molecular weight excluding hydrogens is 331 g/mol. The van der Waals surface area contributed by atoms with Crippen molar-refractivity contribution in [1.29, 1.82) is 0 Å². The Labute approximate surface area is 125 Å². The van der Waals surface area contributed by atoms with Crippen LogP contribution in [-0.4, -0.2) is 5.11 Å². The molecule has 1 nitrogen and oxygen atoms in total. The number of aliphatic hydroxyl groups is 1. The van der Waals surface area contributed by atoms with Gasteiger partial charge in [0.15, 0.2) is 0 Å². The van der Waals surface area contributed by atoms with Crippen molar-refractivity contribution in [3.05, 3.63) is 68.4 Å². The van der Waals surface area contributed by atoms with Crippen molar-refractivity contribution >= 4 is 27.5 Å². The molecule has 0 aliphatic carbocycles. The summed E-state index contributed by atoms with van der Waals surface area (Å²) in [6, 6.07) is 9.90. The first-order valence-corrected chi connectivity index (χ1v) is 7.03. The van der Waals surface area contributed by atoms with Crippen molar-refractivity contribution in [1.82, 2.24) is 0 Å². The molecule has 0 heterocycles. The molecule has 2 rings (SSSR count). The number of benzene rings is 2. The summed E-state index contributed by atoms with van der Waals surface area (Å²) >= 11 is 9.41. The second-order valence-corrected chi connectivity index (χ2v) is 5.67. The third-order valence-corrected chi connectivity index (χ3v) is 4.31. The van der Waals surface area contributed by atoms with Gasteiger partial charge in [-0.3, -0.25) is 0 Å². The zero-order chi connectivity index (χ0) is 14.0. The van der Waals surface area contributed by atoms with E-state index in [-0.39, 0.29) is 5.82 Å². The third kappa shape index (κ3) is 3.35. The lowest BCUT2D eigenvalue weighted by Crippen LogP contribution is -2.04. The Morgan fingerprint density at radius 2 is 2.05 bits per heavy atom. The van der Waals surface area contributed by atoms with E-state index in [0.717, 1.165) is 21.2 Å². The molecule has 0 fully saturated rings. The van der Waals surface area contributed by atoms with Crippen LogP contribution in [0.15, 0.2) is 40.9 Å². The highest BCUT2D eigenvalue weighted by molar-refractivity contribution is 9.10. The van der Waals surface area contributed by atoms with Crippen molar-refractivity contribution < 1.29 is 9.50 Å². The molecule has 2 aromatic carbocycles. The first kappa shape index (κ1) is 14.5. The molecule has 100 valence electrons. The molecule has 0 spiro atoms. The van der Waals surface area contributed by atoms with Gasteiger partial charge in [0.25, 0.3) is 0 Å². The van der Waals surface area contributed by atoms with Crippen molar-refractivity contribution in [2.75, 3.05) is 0 Å². The first-order chi connectivity index (χ1) is 8.99. The average molecular weight is 344 g/mol. The zero-order valence-corrected chi connectivity index (χ0v) is 12.7. The highest BCUT2D eigenvalue weighted by atomic mass is 79.9. The topological polar surface area (TPSA) is 20.2 Å². The molecule has 0 amide bonds. The van der Waals surface area contributed by atoms with E-state index in [4.69, 9.17) is 11.6 Å². The lowest BCUT2D eigenvalue weighted by atomic mass is 9.98. The van der Waals surface area contributed by atoms with Crippen molar-refractivity contribution in [3.63, 3.8) is 0 Å². The van der Waals surface area contributed by atoms with Crippen LogP contribution < -0.4 is 0 Å². The van der Waals surface area contributed by atoms with Gasteiger partial charge in [-0.2, -0.15) is 0 Å². The fraction of sp³-hybridized carbons (Fsp3) is 0.200. The van der Waals surface area contributed by atoms with Gasteiger partial charge in [-0.05, 0) is 41.8 Å². The smallest absolute Gasteiger partial charge is 0.124 e. The molecule has 1 atom stereocenters. The largest absolute Gasteiger partial charge is 0.388 e. The van der Waals surface area contributed by atoms with E-state index in [9.17, 15) is 9.50 Å². The van der Waals surface area contributed by atoms with Gasteiger partial charge in [0.05, 0.1) is 6.10 Å². The molecule has 0 radical (unpaired) electrons. The molecule has 0 saturated heterocycles. The Morgan fingerprint density at radius 1 is 1.32 bits per heavy atom. The normalized spacial score (nSPS) is 12.5. The van der Waals surface area contributed by atoms with E-state index in [1.165, 1.54) is 12.1 Å². The maximum Gasteiger partial charge on any atom is 0.124 e.